The lowest BCUT2D eigenvalue weighted by atomic mass is 9.96. The van der Waals surface area contributed by atoms with Gasteiger partial charge in [-0.05, 0) is 38.2 Å². The molecule has 118 valence electrons. The average Bonchev–Trinajstić information content (AvgIpc) is 2.82. The first-order chi connectivity index (χ1) is 11.0. The number of rotatable bonds is 4. The second kappa shape index (κ2) is 5.85. The first-order valence-electron chi connectivity index (χ1n) is 7.47. The molecule has 2 aromatic carbocycles. The highest BCUT2D eigenvalue weighted by Crippen LogP contribution is 2.36. The van der Waals surface area contributed by atoms with Crippen LogP contribution in [0.3, 0.4) is 0 Å². The van der Waals surface area contributed by atoms with E-state index in [0.717, 1.165) is 34.3 Å². The Morgan fingerprint density at radius 1 is 1.17 bits per heavy atom. The van der Waals surface area contributed by atoms with Crippen LogP contribution in [-0.2, 0) is 6.54 Å². The molecule has 0 bridgehead atoms. The standard InChI is InChI=1S/C18H19N3O2/c1-12-18(15-7-5-4-6-13(15)11-20(2)3)16-10-14(21(22)23)8-9-17(16)19-12/h4-10,19H,11H2,1-3H3. The molecule has 0 fully saturated rings. The summed E-state index contributed by atoms with van der Waals surface area (Å²) in [5, 5.41) is 12.0. The number of hydrogen-bond donors (Lipinski definition) is 1. The Hall–Kier alpha value is -2.66. The molecule has 5 nitrogen and oxygen atoms in total. The minimum atomic E-state index is -0.350. The largest absolute Gasteiger partial charge is 0.358 e. The van der Waals surface area contributed by atoms with Gasteiger partial charge in [0.15, 0.2) is 0 Å². The molecule has 1 aromatic heterocycles. The van der Waals surface area contributed by atoms with Crippen LogP contribution in [0.4, 0.5) is 5.69 Å². The fourth-order valence-corrected chi connectivity index (χ4v) is 3.02. The van der Waals surface area contributed by atoms with Crippen molar-refractivity contribution in [1.29, 1.82) is 0 Å². The van der Waals surface area contributed by atoms with Gasteiger partial charge >= 0.3 is 0 Å². The van der Waals surface area contributed by atoms with E-state index in [1.165, 1.54) is 11.6 Å². The van der Waals surface area contributed by atoms with E-state index in [9.17, 15) is 10.1 Å². The summed E-state index contributed by atoms with van der Waals surface area (Å²) in [6.07, 6.45) is 0. The van der Waals surface area contributed by atoms with Crippen LogP contribution in [0.15, 0.2) is 42.5 Å². The summed E-state index contributed by atoms with van der Waals surface area (Å²) in [5.74, 6) is 0. The Morgan fingerprint density at radius 3 is 2.61 bits per heavy atom. The molecular formula is C18H19N3O2. The average molecular weight is 309 g/mol. The van der Waals surface area contributed by atoms with Gasteiger partial charge in [-0.1, -0.05) is 24.3 Å². The third-order valence-electron chi connectivity index (χ3n) is 3.95. The first-order valence-corrected chi connectivity index (χ1v) is 7.47. The van der Waals surface area contributed by atoms with Crippen molar-refractivity contribution in [2.75, 3.05) is 14.1 Å². The van der Waals surface area contributed by atoms with Crippen LogP contribution in [0.1, 0.15) is 11.3 Å². The van der Waals surface area contributed by atoms with Crippen LogP contribution in [0.2, 0.25) is 0 Å². The number of non-ortho nitro benzene ring substituents is 1. The fraction of sp³-hybridized carbons (Fsp3) is 0.222. The molecule has 0 saturated heterocycles. The molecule has 0 atom stereocenters. The Kier molecular flexibility index (Phi) is 3.88. The van der Waals surface area contributed by atoms with Crippen molar-refractivity contribution in [2.45, 2.75) is 13.5 Å². The number of aromatic amines is 1. The summed E-state index contributed by atoms with van der Waals surface area (Å²) in [5.41, 5.74) is 5.41. The van der Waals surface area contributed by atoms with Gasteiger partial charge in [0.2, 0.25) is 0 Å². The summed E-state index contributed by atoms with van der Waals surface area (Å²) in [6.45, 7) is 2.82. The second-order valence-corrected chi connectivity index (χ2v) is 6.01. The van der Waals surface area contributed by atoms with E-state index in [2.05, 4.69) is 22.0 Å². The van der Waals surface area contributed by atoms with Crippen LogP contribution in [0, 0.1) is 17.0 Å². The molecule has 3 rings (SSSR count). The van der Waals surface area contributed by atoms with Gasteiger partial charge in [-0.2, -0.15) is 0 Å². The number of benzene rings is 2. The topological polar surface area (TPSA) is 62.2 Å². The molecule has 1 N–H and O–H groups in total. The number of H-pyrrole nitrogens is 1. The highest BCUT2D eigenvalue weighted by molar-refractivity contribution is 5.99. The number of hydrogen-bond acceptors (Lipinski definition) is 3. The minimum absolute atomic E-state index is 0.114. The molecule has 0 aliphatic heterocycles. The number of aryl methyl sites for hydroxylation is 1. The predicted molar refractivity (Wildman–Crippen MR) is 92.5 cm³/mol. The third kappa shape index (κ3) is 2.83. The zero-order chi connectivity index (χ0) is 16.6. The monoisotopic (exact) mass is 309 g/mol. The molecule has 1 heterocycles. The molecule has 3 aromatic rings. The van der Waals surface area contributed by atoms with E-state index in [4.69, 9.17) is 0 Å². The van der Waals surface area contributed by atoms with Crippen molar-refractivity contribution in [3.8, 4) is 11.1 Å². The van der Waals surface area contributed by atoms with Gasteiger partial charge in [0, 0.05) is 40.8 Å². The Labute approximate surface area is 134 Å². The van der Waals surface area contributed by atoms with Gasteiger partial charge in [0.25, 0.3) is 5.69 Å². The number of aromatic nitrogens is 1. The van der Waals surface area contributed by atoms with Crippen LogP contribution in [-0.4, -0.2) is 28.9 Å². The highest BCUT2D eigenvalue weighted by Gasteiger charge is 2.16. The molecule has 0 aliphatic rings. The molecule has 0 spiro atoms. The molecule has 0 radical (unpaired) electrons. The smallest absolute Gasteiger partial charge is 0.270 e. The lowest BCUT2D eigenvalue weighted by Gasteiger charge is -2.14. The van der Waals surface area contributed by atoms with Crippen molar-refractivity contribution in [1.82, 2.24) is 9.88 Å². The SMILES string of the molecule is Cc1[nH]c2ccc([N+](=O)[O-])cc2c1-c1ccccc1CN(C)C. The molecule has 5 heteroatoms. The molecule has 0 saturated carbocycles. The summed E-state index contributed by atoms with van der Waals surface area (Å²) < 4.78 is 0. The first kappa shape index (κ1) is 15.2. The summed E-state index contributed by atoms with van der Waals surface area (Å²) in [6, 6.07) is 13.2. The van der Waals surface area contributed by atoms with E-state index >= 15 is 0 Å². The molecule has 0 unspecified atom stereocenters. The third-order valence-corrected chi connectivity index (χ3v) is 3.95. The normalized spacial score (nSPS) is 11.3. The maximum Gasteiger partial charge on any atom is 0.270 e. The van der Waals surface area contributed by atoms with Crippen molar-refractivity contribution < 1.29 is 4.92 Å². The number of fused-ring (bicyclic) bond motifs is 1. The highest BCUT2D eigenvalue weighted by atomic mass is 16.6. The predicted octanol–water partition coefficient (Wildman–Crippen LogP) is 4.11. The molecule has 0 aliphatic carbocycles. The van der Waals surface area contributed by atoms with E-state index in [1.54, 1.807) is 12.1 Å². The maximum atomic E-state index is 11.1. The van der Waals surface area contributed by atoms with Crippen LogP contribution in [0.25, 0.3) is 22.0 Å². The van der Waals surface area contributed by atoms with Gasteiger partial charge in [-0.3, -0.25) is 10.1 Å². The van der Waals surface area contributed by atoms with E-state index in [-0.39, 0.29) is 10.6 Å². The summed E-state index contributed by atoms with van der Waals surface area (Å²) in [4.78, 5) is 16.2. The molecular weight excluding hydrogens is 290 g/mol. The van der Waals surface area contributed by atoms with E-state index in [0.29, 0.717) is 0 Å². The number of nitrogens with one attached hydrogen (secondary N) is 1. The Morgan fingerprint density at radius 2 is 1.91 bits per heavy atom. The van der Waals surface area contributed by atoms with Gasteiger partial charge in [0.05, 0.1) is 4.92 Å². The van der Waals surface area contributed by atoms with E-state index in [1.807, 2.05) is 33.2 Å². The van der Waals surface area contributed by atoms with Gasteiger partial charge in [0.1, 0.15) is 0 Å². The van der Waals surface area contributed by atoms with Crippen LogP contribution < -0.4 is 0 Å². The molecule has 23 heavy (non-hydrogen) atoms. The number of nitro groups is 1. The zero-order valence-corrected chi connectivity index (χ0v) is 13.5. The quantitative estimate of drug-likeness (QED) is 0.582. The van der Waals surface area contributed by atoms with Gasteiger partial charge in [-0.15, -0.1) is 0 Å². The number of nitrogens with zero attached hydrogens (tertiary/aromatic N) is 2. The van der Waals surface area contributed by atoms with Crippen molar-refractivity contribution in [3.05, 3.63) is 63.8 Å². The number of nitro benzene ring substituents is 1. The maximum absolute atomic E-state index is 11.1. The molecule has 0 amide bonds. The minimum Gasteiger partial charge on any atom is -0.358 e. The lowest BCUT2D eigenvalue weighted by molar-refractivity contribution is -0.384. The summed E-state index contributed by atoms with van der Waals surface area (Å²) >= 11 is 0. The Bertz CT molecular complexity index is 881. The Balaban J connectivity index is 2.25. The zero-order valence-electron chi connectivity index (χ0n) is 13.5. The van der Waals surface area contributed by atoms with Gasteiger partial charge in [-0.25, -0.2) is 0 Å². The lowest BCUT2D eigenvalue weighted by Crippen LogP contribution is -2.11. The van der Waals surface area contributed by atoms with Gasteiger partial charge < -0.3 is 9.88 Å². The van der Waals surface area contributed by atoms with Crippen molar-refractivity contribution >= 4 is 16.6 Å². The van der Waals surface area contributed by atoms with Crippen LogP contribution in [0.5, 0.6) is 0 Å². The van der Waals surface area contributed by atoms with Crippen molar-refractivity contribution in [2.24, 2.45) is 0 Å². The van der Waals surface area contributed by atoms with Crippen LogP contribution >= 0.6 is 0 Å². The summed E-state index contributed by atoms with van der Waals surface area (Å²) in [7, 11) is 4.06. The second-order valence-electron chi connectivity index (χ2n) is 6.01. The van der Waals surface area contributed by atoms with Crippen molar-refractivity contribution in [3.63, 3.8) is 0 Å². The fourth-order valence-electron chi connectivity index (χ4n) is 3.02. The van der Waals surface area contributed by atoms with E-state index < -0.39 is 0 Å².